The highest BCUT2D eigenvalue weighted by molar-refractivity contribution is 5.08. The Morgan fingerprint density at radius 1 is 0.560 bits per heavy atom. The second-order valence-corrected chi connectivity index (χ2v) is 19.9. The molecule has 0 amide bonds. The summed E-state index contributed by atoms with van der Waals surface area (Å²) in [4.78, 5) is 0. The van der Waals surface area contributed by atoms with Crippen LogP contribution >= 0.6 is 0 Å². The third kappa shape index (κ3) is 16.3. The highest BCUT2D eigenvalue weighted by Gasteiger charge is 2.55. The van der Waals surface area contributed by atoms with Crippen molar-refractivity contribution >= 4 is 0 Å². The second-order valence-electron chi connectivity index (χ2n) is 19.9. The average molecular weight is 714 g/mol. The summed E-state index contributed by atoms with van der Waals surface area (Å²) in [6.45, 7) is 40.5. The van der Waals surface area contributed by atoms with E-state index in [4.69, 9.17) is 28.4 Å². The highest BCUT2D eigenvalue weighted by atomic mass is 16.5. The van der Waals surface area contributed by atoms with E-state index in [1.807, 2.05) is 0 Å². The Morgan fingerprint density at radius 2 is 1.08 bits per heavy atom. The van der Waals surface area contributed by atoms with Crippen molar-refractivity contribution in [3.63, 3.8) is 0 Å². The molecule has 0 heterocycles. The van der Waals surface area contributed by atoms with Crippen molar-refractivity contribution in [1.29, 1.82) is 0 Å². The van der Waals surface area contributed by atoms with Gasteiger partial charge in [0.2, 0.25) is 0 Å². The lowest BCUT2D eigenvalue weighted by Gasteiger charge is -2.58. The Bertz CT molecular complexity index is 928. The van der Waals surface area contributed by atoms with Crippen molar-refractivity contribution in [2.24, 2.45) is 16.2 Å². The summed E-state index contributed by atoms with van der Waals surface area (Å²) in [5, 5.41) is 11.2. The normalized spacial score (nSPS) is 24.1. The smallest absolute Gasteiger partial charge is 0.0704 e. The third-order valence-corrected chi connectivity index (χ3v) is 11.0. The van der Waals surface area contributed by atoms with E-state index < -0.39 is 0 Å². The molecule has 0 aromatic heterocycles. The van der Waals surface area contributed by atoms with Crippen LogP contribution in [0.1, 0.15) is 136 Å². The first-order chi connectivity index (χ1) is 22.9. The Hall–Kier alpha value is -0.360. The zero-order valence-electron chi connectivity index (χ0n) is 35.4. The van der Waals surface area contributed by atoms with Crippen LogP contribution in [-0.4, -0.2) is 113 Å². The van der Waals surface area contributed by atoms with Gasteiger partial charge in [-0.05, 0) is 105 Å². The highest BCUT2D eigenvalue weighted by Crippen LogP contribution is 2.51. The fourth-order valence-corrected chi connectivity index (χ4v) is 6.97. The van der Waals surface area contributed by atoms with E-state index in [9.17, 15) is 0 Å². The Kier molecular flexibility index (Phi) is 18.1. The summed E-state index contributed by atoms with van der Waals surface area (Å²) < 4.78 is 37.1. The fraction of sp³-hybridized carbons (Fsp3) is 1.00. The van der Waals surface area contributed by atoms with Gasteiger partial charge >= 0.3 is 0 Å². The molecule has 0 saturated heterocycles. The zero-order chi connectivity index (χ0) is 37.9. The summed E-state index contributed by atoms with van der Waals surface area (Å²) in [7, 11) is 0. The van der Waals surface area contributed by atoms with E-state index in [0.29, 0.717) is 71.0 Å². The standard InChI is InChI=1S/C41H83N3O6/c1-31(48-19-16-18-45-20-17-42-37(5,6)7)39(11,12)41(15,30-47-22-24-50-34-25-32(26-34)43-38(8,9)10)40(13,14)44-33-27-35(28-33)49-23-21-46-29-36(2,3)4/h31-35,42-44H,16-30H2,1-15H3/t31-,32?,33?,34?,35?,41?/m0/s1. The molecule has 2 fully saturated rings. The SMILES string of the molecule is C[C@H](OCCCOCCNC(C)(C)C)C(C)(C)C(C)(COCCOC1CC(NC(C)(C)C)C1)C(C)(C)NC1CC(OCCOCC(C)(C)C)C1. The largest absolute Gasteiger partial charge is 0.380 e. The van der Waals surface area contributed by atoms with Crippen LogP contribution in [0.4, 0.5) is 0 Å². The van der Waals surface area contributed by atoms with Gasteiger partial charge in [0.15, 0.2) is 0 Å². The van der Waals surface area contributed by atoms with E-state index in [2.05, 4.69) is 120 Å². The molecule has 2 atom stereocenters. The summed E-state index contributed by atoms with van der Waals surface area (Å²) in [6.07, 6.45) is 5.67. The molecule has 0 spiro atoms. The molecule has 1 unspecified atom stereocenters. The molecule has 9 nitrogen and oxygen atoms in total. The quantitative estimate of drug-likeness (QED) is 0.0854. The third-order valence-electron chi connectivity index (χ3n) is 11.0. The van der Waals surface area contributed by atoms with Gasteiger partial charge in [0.25, 0.3) is 0 Å². The van der Waals surface area contributed by atoms with Gasteiger partial charge in [-0.1, -0.05) is 41.5 Å². The number of ether oxygens (including phenoxy) is 6. The maximum Gasteiger partial charge on any atom is 0.0704 e. The minimum atomic E-state index is -0.251. The molecule has 3 N–H and O–H groups in total. The first-order valence-electron chi connectivity index (χ1n) is 19.8. The monoisotopic (exact) mass is 714 g/mol. The molecule has 2 rings (SSSR count). The van der Waals surface area contributed by atoms with Crippen LogP contribution in [0.25, 0.3) is 0 Å². The van der Waals surface area contributed by atoms with Gasteiger partial charge in [-0.25, -0.2) is 0 Å². The summed E-state index contributed by atoms with van der Waals surface area (Å²) in [5.41, 5.74) is -0.255. The van der Waals surface area contributed by atoms with Gasteiger partial charge in [0, 0.05) is 53.9 Å². The molecule has 50 heavy (non-hydrogen) atoms. The van der Waals surface area contributed by atoms with Crippen LogP contribution in [0.2, 0.25) is 0 Å². The Balaban J connectivity index is 1.90. The molecule has 2 saturated carbocycles. The summed E-state index contributed by atoms with van der Waals surface area (Å²) in [6, 6.07) is 0.951. The molecule has 0 radical (unpaired) electrons. The lowest BCUT2D eigenvalue weighted by Crippen LogP contribution is -2.67. The number of rotatable bonds is 25. The van der Waals surface area contributed by atoms with E-state index in [1.165, 1.54) is 0 Å². The van der Waals surface area contributed by atoms with E-state index >= 15 is 0 Å². The Morgan fingerprint density at radius 3 is 1.58 bits per heavy atom. The van der Waals surface area contributed by atoms with Crippen LogP contribution in [0.5, 0.6) is 0 Å². The molecular formula is C41H83N3O6. The van der Waals surface area contributed by atoms with E-state index in [-0.39, 0.29) is 45.1 Å². The van der Waals surface area contributed by atoms with Crippen LogP contribution in [-0.2, 0) is 28.4 Å². The number of hydrogen-bond donors (Lipinski definition) is 3. The fourth-order valence-electron chi connectivity index (χ4n) is 6.97. The first kappa shape index (κ1) is 45.8. The van der Waals surface area contributed by atoms with Crippen LogP contribution < -0.4 is 16.0 Å². The van der Waals surface area contributed by atoms with Crippen molar-refractivity contribution < 1.29 is 28.4 Å². The van der Waals surface area contributed by atoms with Gasteiger partial charge < -0.3 is 44.4 Å². The van der Waals surface area contributed by atoms with E-state index in [1.54, 1.807) is 0 Å². The topological polar surface area (TPSA) is 91.5 Å². The van der Waals surface area contributed by atoms with Crippen LogP contribution in [0.3, 0.4) is 0 Å². The zero-order valence-corrected chi connectivity index (χ0v) is 35.4. The molecule has 2 aliphatic rings. The summed E-state index contributed by atoms with van der Waals surface area (Å²) >= 11 is 0. The summed E-state index contributed by atoms with van der Waals surface area (Å²) in [5.74, 6) is 0. The van der Waals surface area contributed by atoms with Gasteiger partial charge in [-0.3, -0.25) is 0 Å². The van der Waals surface area contributed by atoms with Crippen molar-refractivity contribution in [3.8, 4) is 0 Å². The predicted octanol–water partition coefficient (Wildman–Crippen LogP) is 7.15. The number of hydrogen-bond acceptors (Lipinski definition) is 9. The molecule has 0 bridgehead atoms. The van der Waals surface area contributed by atoms with Crippen molar-refractivity contribution in [3.05, 3.63) is 0 Å². The molecular weight excluding hydrogens is 630 g/mol. The Labute approximate surface area is 309 Å². The van der Waals surface area contributed by atoms with Crippen molar-refractivity contribution in [2.45, 2.75) is 183 Å². The molecule has 0 aromatic rings. The maximum absolute atomic E-state index is 6.54. The number of nitrogens with one attached hydrogen (secondary N) is 3. The van der Waals surface area contributed by atoms with Gasteiger partial charge in [-0.2, -0.15) is 0 Å². The second kappa shape index (κ2) is 19.8. The van der Waals surface area contributed by atoms with Crippen LogP contribution in [0.15, 0.2) is 0 Å². The minimum Gasteiger partial charge on any atom is -0.380 e. The predicted molar refractivity (Wildman–Crippen MR) is 207 cm³/mol. The molecule has 0 aromatic carbocycles. The van der Waals surface area contributed by atoms with Crippen molar-refractivity contribution in [1.82, 2.24) is 16.0 Å². The lowest BCUT2D eigenvalue weighted by molar-refractivity contribution is -0.152. The minimum absolute atomic E-state index is 0.0174. The molecule has 298 valence electrons. The van der Waals surface area contributed by atoms with E-state index in [0.717, 1.165) is 45.3 Å². The van der Waals surface area contributed by atoms with Gasteiger partial charge in [0.1, 0.15) is 0 Å². The molecule has 0 aliphatic heterocycles. The van der Waals surface area contributed by atoms with Crippen LogP contribution in [0, 0.1) is 16.2 Å². The first-order valence-corrected chi connectivity index (χ1v) is 19.8. The average Bonchev–Trinajstić information content (AvgIpc) is 2.92. The molecule has 9 heteroatoms. The van der Waals surface area contributed by atoms with Gasteiger partial charge in [0.05, 0.1) is 64.6 Å². The molecule has 2 aliphatic carbocycles. The lowest BCUT2D eigenvalue weighted by atomic mass is 9.55. The van der Waals surface area contributed by atoms with Crippen molar-refractivity contribution in [2.75, 3.05) is 66.0 Å². The maximum atomic E-state index is 6.54. The van der Waals surface area contributed by atoms with Gasteiger partial charge in [-0.15, -0.1) is 0 Å².